The van der Waals surface area contributed by atoms with Crippen LogP contribution in [-0.2, 0) is 11.3 Å². The second-order valence-corrected chi connectivity index (χ2v) is 9.94. The molecular formula is C25H32ClN5O3. The number of benzene rings is 1. The summed E-state index contributed by atoms with van der Waals surface area (Å²) in [5.41, 5.74) is 0.810. The Bertz CT molecular complexity index is 1110. The molecule has 2 aliphatic rings. The van der Waals surface area contributed by atoms with Crippen molar-refractivity contribution in [3.63, 3.8) is 0 Å². The van der Waals surface area contributed by atoms with Crippen molar-refractivity contribution < 1.29 is 14.4 Å². The third-order valence-corrected chi connectivity index (χ3v) is 7.28. The van der Waals surface area contributed by atoms with Crippen molar-refractivity contribution in [1.82, 2.24) is 20.0 Å². The second-order valence-electron chi connectivity index (χ2n) is 9.53. The molecule has 1 aromatic carbocycles. The summed E-state index contributed by atoms with van der Waals surface area (Å²) < 4.78 is 1.50. The van der Waals surface area contributed by atoms with Gasteiger partial charge in [-0.25, -0.2) is 0 Å². The lowest BCUT2D eigenvalue weighted by molar-refractivity contribution is -0.133. The maximum atomic E-state index is 13.5. The molecule has 0 unspecified atom stereocenters. The first-order chi connectivity index (χ1) is 16.2. The number of aryl methyl sites for hydroxylation is 1. The van der Waals surface area contributed by atoms with Gasteiger partial charge in [-0.05, 0) is 50.8 Å². The number of halogens is 1. The van der Waals surface area contributed by atoms with Crippen LogP contribution >= 0.6 is 11.6 Å². The SMILES string of the molecule is CCCCN1C(=O)c2cc(C(=O)Nc3ccc(C)c(Cl)c3)nn2C[C@@]1(C)C(=O)NC1CCCC1. The van der Waals surface area contributed by atoms with E-state index in [1.807, 2.05) is 19.9 Å². The van der Waals surface area contributed by atoms with Gasteiger partial charge in [0.2, 0.25) is 5.91 Å². The minimum Gasteiger partial charge on any atom is -0.351 e. The molecule has 0 radical (unpaired) electrons. The summed E-state index contributed by atoms with van der Waals surface area (Å²) in [6.07, 6.45) is 5.82. The molecule has 2 heterocycles. The molecule has 1 aliphatic heterocycles. The number of carbonyl (C=O) groups is 3. The van der Waals surface area contributed by atoms with Crippen LogP contribution in [0.1, 0.15) is 78.9 Å². The van der Waals surface area contributed by atoms with Gasteiger partial charge in [0.15, 0.2) is 5.69 Å². The van der Waals surface area contributed by atoms with E-state index in [1.54, 1.807) is 24.0 Å². The first-order valence-corrected chi connectivity index (χ1v) is 12.4. The fourth-order valence-corrected chi connectivity index (χ4v) is 4.88. The number of hydrogen-bond donors (Lipinski definition) is 2. The van der Waals surface area contributed by atoms with Crippen molar-refractivity contribution in [2.75, 3.05) is 11.9 Å². The van der Waals surface area contributed by atoms with Gasteiger partial charge in [0, 0.05) is 29.4 Å². The third-order valence-electron chi connectivity index (χ3n) is 6.87. The highest BCUT2D eigenvalue weighted by Crippen LogP contribution is 2.29. The first-order valence-electron chi connectivity index (χ1n) is 12.0. The molecule has 0 spiro atoms. The van der Waals surface area contributed by atoms with Gasteiger partial charge in [0.05, 0.1) is 6.54 Å². The number of rotatable bonds is 7. The average molecular weight is 486 g/mol. The van der Waals surface area contributed by atoms with Crippen LogP contribution in [0.3, 0.4) is 0 Å². The van der Waals surface area contributed by atoms with Crippen molar-refractivity contribution in [3.05, 3.63) is 46.2 Å². The van der Waals surface area contributed by atoms with Gasteiger partial charge in [-0.15, -0.1) is 0 Å². The molecule has 2 N–H and O–H groups in total. The summed E-state index contributed by atoms with van der Waals surface area (Å²) in [6.45, 7) is 6.39. The molecule has 4 rings (SSSR count). The summed E-state index contributed by atoms with van der Waals surface area (Å²) in [5.74, 6) is -0.883. The monoisotopic (exact) mass is 485 g/mol. The Kier molecular flexibility index (Phi) is 6.98. The largest absolute Gasteiger partial charge is 0.351 e. The number of aromatic nitrogens is 2. The predicted molar refractivity (Wildman–Crippen MR) is 131 cm³/mol. The topological polar surface area (TPSA) is 96.3 Å². The Labute approximate surface area is 205 Å². The van der Waals surface area contributed by atoms with E-state index >= 15 is 0 Å². The molecule has 8 nitrogen and oxygen atoms in total. The van der Waals surface area contributed by atoms with Gasteiger partial charge in [0.25, 0.3) is 11.8 Å². The highest BCUT2D eigenvalue weighted by atomic mass is 35.5. The van der Waals surface area contributed by atoms with Gasteiger partial charge in [-0.1, -0.05) is 43.9 Å². The molecule has 1 atom stereocenters. The maximum Gasteiger partial charge on any atom is 0.276 e. The van der Waals surface area contributed by atoms with Crippen LogP contribution in [0.2, 0.25) is 5.02 Å². The molecule has 34 heavy (non-hydrogen) atoms. The molecular weight excluding hydrogens is 454 g/mol. The molecule has 182 valence electrons. The molecule has 1 saturated carbocycles. The number of anilines is 1. The van der Waals surface area contributed by atoms with Crippen molar-refractivity contribution >= 4 is 35.0 Å². The molecule has 1 fully saturated rings. The van der Waals surface area contributed by atoms with Crippen LogP contribution in [0.15, 0.2) is 24.3 Å². The van der Waals surface area contributed by atoms with Gasteiger partial charge < -0.3 is 15.5 Å². The van der Waals surface area contributed by atoms with E-state index in [1.165, 1.54) is 10.7 Å². The van der Waals surface area contributed by atoms with Gasteiger partial charge >= 0.3 is 0 Å². The van der Waals surface area contributed by atoms with Crippen molar-refractivity contribution in [3.8, 4) is 0 Å². The Morgan fingerprint density at radius 1 is 1.24 bits per heavy atom. The van der Waals surface area contributed by atoms with Crippen LogP contribution < -0.4 is 10.6 Å². The number of carbonyl (C=O) groups excluding carboxylic acids is 3. The predicted octanol–water partition coefficient (Wildman–Crippen LogP) is 4.17. The summed E-state index contributed by atoms with van der Waals surface area (Å²) in [4.78, 5) is 41.4. The smallest absolute Gasteiger partial charge is 0.276 e. The number of nitrogens with one attached hydrogen (secondary N) is 2. The summed E-state index contributed by atoms with van der Waals surface area (Å²) >= 11 is 6.17. The van der Waals surface area contributed by atoms with E-state index < -0.39 is 11.4 Å². The van der Waals surface area contributed by atoms with Crippen LogP contribution in [0.5, 0.6) is 0 Å². The lowest BCUT2D eigenvalue weighted by atomic mass is 9.94. The van der Waals surface area contributed by atoms with Gasteiger partial charge in [0.1, 0.15) is 11.2 Å². The standard InChI is InChI=1S/C25H32ClN5O3/c1-4-5-12-30-23(33)21-14-20(22(32)27-18-11-10-16(2)19(26)13-18)29-31(21)15-25(30,3)24(34)28-17-8-6-7-9-17/h10-11,13-14,17H,4-9,12,15H2,1-3H3,(H,27,32)(H,28,34)/t25-/m0/s1. The number of unbranched alkanes of at least 4 members (excludes halogenated alkanes) is 1. The van der Waals surface area contributed by atoms with E-state index in [-0.39, 0.29) is 30.1 Å². The Morgan fingerprint density at radius 2 is 1.97 bits per heavy atom. The molecule has 3 amide bonds. The summed E-state index contributed by atoms with van der Waals surface area (Å²) in [5, 5.41) is 10.9. The maximum absolute atomic E-state index is 13.5. The van der Waals surface area contributed by atoms with E-state index in [2.05, 4.69) is 15.7 Å². The van der Waals surface area contributed by atoms with Crippen molar-refractivity contribution in [2.24, 2.45) is 0 Å². The van der Waals surface area contributed by atoms with E-state index in [0.717, 1.165) is 44.1 Å². The van der Waals surface area contributed by atoms with Crippen LogP contribution in [0.25, 0.3) is 0 Å². The molecule has 0 bridgehead atoms. The Hall–Kier alpha value is -2.87. The zero-order valence-electron chi connectivity index (χ0n) is 20.0. The lowest BCUT2D eigenvalue weighted by Crippen LogP contribution is -2.65. The average Bonchev–Trinajstić information content (AvgIpc) is 3.46. The number of nitrogens with zero attached hydrogens (tertiary/aromatic N) is 3. The summed E-state index contributed by atoms with van der Waals surface area (Å²) in [7, 11) is 0. The van der Waals surface area contributed by atoms with E-state index in [0.29, 0.717) is 22.9 Å². The van der Waals surface area contributed by atoms with Crippen LogP contribution in [-0.4, -0.2) is 50.5 Å². The van der Waals surface area contributed by atoms with Crippen LogP contribution in [0, 0.1) is 6.92 Å². The zero-order chi connectivity index (χ0) is 24.5. The minimum absolute atomic E-state index is 0.121. The summed E-state index contributed by atoms with van der Waals surface area (Å²) in [6, 6.07) is 6.90. The number of fused-ring (bicyclic) bond motifs is 1. The first kappa shape index (κ1) is 24.3. The fourth-order valence-electron chi connectivity index (χ4n) is 4.70. The number of hydrogen-bond acceptors (Lipinski definition) is 4. The Balaban J connectivity index is 1.59. The molecule has 1 aromatic heterocycles. The lowest BCUT2D eigenvalue weighted by Gasteiger charge is -2.43. The highest BCUT2D eigenvalue weighted by molar-refractivity contribution is 6.31. The van der Waals surface area contributed by atoms with Crippen LogP contribution in [0.4, 0.5) is 5.69 Å². The highest BCUT2D eigenvalue weighted by Gasteiger charge is 2.48. The quantitative estimate of drug-likeness (QED) is 0.615. The molecule has 0 saturated heterocycles. The zero-order valence-corrected chi connectivity index (χ0v) is 20.7. The Morgan fingerprint density at radius 3 is 2.65 bits per heavy atom. The van der Waals surface area contributed by atoms with E-state index in [4.69, 9.17) is 11.6 Å². The molecule has 9 heteroatoms. The fraction of sp³-hybridized carbons (Fsp3) is 0.520. The minimum atomic E-state index is -1.08. The normalized spacial score (nSPS) is 20.4. The number of amides is 3. The van der Waals surface area contributed by atoms with Crippen molar-refractivity contribution in [1.29, 1.82) is 0 Å². The van der Waals surface area contributed by atoms with E-state index in [9.17, 15) is 14.4 Å². The molecule has 1 aliphatic carbocycles. The van der Waals surface area contributed by atoms with Gasteiger partial charge in [-0.2, -0.15) is 5.10 Å². The molecule has 2 aromatic rings. The second kappa shape index (κ2) is 9.78. The van der Waals surface area contributed by atoms with Gasteiger partial charge in [-0.3, -0.25) is 19.1 Å². The van der Waals surface area contributed by atoms with Crippen molar-refractivity contribution in [2.45, 2.75) is 77.4 Å². The third kappa shape index (κ3) is 4.69.